The Morgan fingerprint density at radius 1 is 1.12 bits per heavy atom. The van der Waals surface area contributed by atoms with Gasteiger partial charge in [-0.15, -0.1) is 0 Å². The van der Waals surface area contributed by atoms with Crippen molar-refractivity contribution in [2.75, 3.05) is 31.6 Å². The SMILES string of the molecule is CC1CN(S(=O)(=O)c2cccc(C(=O)Nc3cccc(OCC4CCCO4)c3)c2)CC(C)O1. The zero-order chi connectivity index (χ0) is 23.4. The highest BCUT2D eigenvalue weighted by molar-refractivity contribution is 7.89. The van der Waals surface area contributed by atoms with Crippen molar-refractivity contribution >= 4 is 21.6 Å². The first-order valence-corrected chi connectivity index (χ1v) is 12.7. The van der Waals surface area contributed by atoms with Gasteiger partial charge in [-0.2, -0.15) is 4.31 Å². The van der Waals surface area contributed by atoms with Crippen molar-refractivity contribution in [3.05, 3.63) is 54.1 Å². The molecule has 1 amide bonds. The summed E-state index contributed by atoms with van der Waals surface area (Å²) in [5.74, 6) is 0.238. The van der Waals surface area contributed by atoms with E-state index in [0.717, 1.165) is 19.4 Å². The van der Waals surface area contributed by atoms with E-state index in [1.54, 1.807) is 30.3 Å². The third kappa shape index (κ3) is 5.92. The molecule has 178 valence electrons. The quantitative estimate of drug-likeness (QED) is 0.662. The summed E-state index contributed by atoms with van der Waals surface area (Å²) in [5, 5.41) is 2.82. The molecule has 8 nitrogen and oxygen atoms in total. The Kier molecular flexibility index (Phi) is 7.33. The Labute approximate surface area is 194 Å². The van der Waals surface area contributed by atoms with Crippen LogP contribution in [0.2, 0.25) is 0 Å². The van der Waals surface area contributed by atoms with Crippen LogP contribution in [-0.4, -0.2) is 63.2 Å². The third-order valence-corrected chi connectivity index (χ3v) is 7.50. The van der Waals surface area contributed by atoms with E-state index in [4.69, 9.17) is 14.2 Å². The van der Waals surface area contributed by atoms with Gasteiger partial charge >= 0.3 is 0 Å². The number of morpholine rings is 1. The van der Waals surface area contributed by atoms with Crippen molar-refractivity contribution in [3.8, 4) is 5.75 Å². The lowest BCUT2D eigenvalue weighted by molar-refractivity contribution is -0.0440. The van der Waals surface area contributed by atoms with Crippen LogP contribution in [0.1, 0.15) is 37.0 Å². The monoisotopic (exact) mass is 474 g/mol. The zero-order valence-corrected chi connectivity index (χ0v) is 19.7. The molecule has 0 bridgehead atoms. The third-order valence-electron chi connectivity index (χ3n) is 5.67. The molecule has 4 rings (SSSR count). The molecule has 9 heteroatoms. The fraction of sp³-hybridized carbons (Fsp3) is 0.458. The molecule has 3 unspecified atom stereocenters. The van der Waals surface area contributed by atoms with Crippen molar-refractivity contribution in [2.24, 2.45) is 0 Å². The van der Waals surface area contributed by atoms with E-state index < -0.39 is 15.9 Å². The number of carbonyl (C=O) groups excluding carboxylic acids is 1. The van der Waals surface area contributed by atoms with Crippen LogP contribution in [0.3, 0.4) is 0 Å². The highest BCUT2D eigenvalue weighted by Gasteiger charge is 2.32. The fourth-order valence-corrected chi connectivity index (χ4v) is 5.74. The second kappa shape index (κ2) is 10.2. The summed E-state index contributed by atoms with van der Waals surface area (Å²) in [6, 6.07) is 13.2. The van der Waals surface area contributed by atoms with Gasteiger partial charge in [0, 0.05) is 37.0 Å². The van der Waals surface area contributed by atoms with E-state index in [9.17, 15) is 13.2 Å². The number of sulfonamides is 1. The van der Waals surface area contributed by atoms with Crippen LogP contribution in [0, 0.1) is 0 Å². The molecule has 1 N–H and O–H groups in total. The first kappa shape index (κ1) is 23.7. The fourth-order valence-electron chi connectivity index (χ4n) is 4.11. The molecule has 3 atom stereocenters. The Hall–Kier alpha value is -2.46. The molecule has 2 aromatic carbocycles. The van der Waals surface area contributed by atoms with Gasteiger partial charge in [-0.3, -0.25) is 4.79 Å². The van der Waals surface area contributed by atoms with Gasteiger partial charge in [0.15, 0.2) is 0 Å². The maximum atomic E-state index is 13.1. The number of carbonyl (C=O) groups is 1. The molecule has 2 fully saturated rings. The Morgan fingerprint density at radius 2 is 1.88 bits per heavy atom. The zero-order valence-electron chi connectivity index (χ0n) is 18.9. The summed E-state index contributed by atoms with van der Waals surface area (Å²) in [6.07, 6.45) is 1.75. The molecule has 0 radical (unpaired) electrons. The van der Waals surface area contributed by atoms with Gasteiger partial charge in [-0.25, -0.2) is 8.42 Å². The van der Waals surface area contributed by atoms with Crippen LogP contribution in [0.25, 0.3) is 0 Å². The van der Waals surface area contributed by atoms with E-state index in [2.05, 4.69) is 5.32 Å². The number of anilines is 1. The number of rotatable bonds is 7. The predicted molar refractivity (Wildman–Crippen MR) is 124 cm³/mol. The van der Waals surface area contributed by atoms with Crippen molar-refractivity contribution in [2.45, 2.75) is 49.9 Å². The number of amides is 1. The van der Waals surface area contributed by atoms with Gasteiger partial charge in [-0.1, -0.05) is 12.1 Å². The number of hydrogen-bond donors (Lipinski definition) is 1. The van der Waals surface area contributed by atoms with Crippen LogP contribution in [0.15, 0.2) is 53.4 Å². The highest BCUT2D eigenvalue weighted by Crippen LogP contribution is 2.23. The Bertz CT molecular complexity index is 1070. The first-order valence-electron chi connectivity index (χ1n) is 11.2. The van der Waals surface area contributed by atoms with Crippen LogP contribution in [0.4, 0.5) is 5.69 Å². The first-order chi connectivity index (χ1) is 15.8. The van der Waals surface area contributed by atoms with Gasteiger partial charge in [0.25, 0.3) is 5.91 Å². The predicted octanol–water partition coefficient (Wildman–Crippen LogP) is 3.29. The Balaban J connectivity index is 1.44. The van der Waals surface area contributed by atoms with E-state index in [-0.39, 0.29) is 41.9 Å². The van der Waals surface area contributed by atoms with Gasteiger partial charge in [0.1, 0.15) is 12.4 Å². The molecule has 0 aromatic heterocycles. The average Bonchev–Trinajstić information content (AvgIpc) is 3.31. The van der Waals surface area contributed by atoms with Crippen molar-refractivity contribution < 1.29 is 27.4 Å². The summed E-state index contributed by atoms with van der Waals surface area (Å²) in [4.78, 5) is 12.9. The van der Waals surface area contributed by atoms with Crippen molar-refractivity contribution in [3.63, 3.8) is 0 Å². The molecular formula is C24H30N2O6S. The summed E-state index contributed by atoms with van der Waals surface area (Å²) >= 11 is 0. The lowest BCUT2D eigenvalue weighted by Crippen LogP contribution is -2.48. The maximum Gasteiger partial charge on any atom is 0.255 e. The number of nitrogens with zero attached hydrogens (tertiary/aromatic N) is 1. The molecule has 2 aliphatic heterocycles. The molecule has 2 saturated heterocycles. The van der Waals surface area contributed by atoms with E-state index in [1.165, 1.54) is 16.4 Å². The van der Waals surface area contributed by atoms with Crippen LogP contribution < -0.4 is 10.1 Å². The second-order valence-electron chi connectivity index (χ2n) is 8.54. The molecule has 2 aliphatic rings. The summed E-state index contributed by atoms with van der Waals surface area (Å²) in [5.41, 5.74) is 0.824. The van der Waals surface area contributed by atoms with Crippen LogP contribution in [-0.2, 0) is 19.5 Å². The minimum atomic E-state index is -3.74. The number of ether oxygens (including phenoxy) is 3. The molecule has 2 heterocycles. The van der Waals surface area contributed by atoms with Gasteiger partial charge in [-0.05, 0) is 57.0 Å². The second-order valence-corrected chi connectivity index (χ2v) is 10.5. The molecular weight excluding hydrogens is 444 g/mol. The molecule has 0 saturated carbocycles. The van der Waals surface area contributed by atoms with E-state index in [1.807, 2.05) is 19.9 Å². The van der Waals surface area contributed by atoms with Crippen LogP contribution in [0.5, 0.6) is 5.75 Å². The lowest BCUT2D eigenvalue weighted by Gasteiger charge is -2.34. The molecule has 2 aromatic rings. The normalized spacial score (nSPS) is 23.9. The number of hydrogen-bond acceptors (Lipinski definition) is 6. The molecule has 33 heavy (non-hydrogen) atoms. The van der Waals surface area contributed by atoms with E-state index in [0.29, 0.717) is 18.0 Å². The summed E-state index contributed by atoms with van der Waals surface area (Å²) in [6.45, 7) is 5.49. The molecule has 0 aliphatic carbocycles. The summed E-state index contributed by atoms with van der Waals surface area (Å²) < 4.78 is 44.7. The smallest absolute Gasteiger partial charge is 0.255 e. The minimum absolute atomic E-state index is 0.0881. The minimum Gasteiger partial charge on any atom is -0.491 e. The largest absolute Gasteiger partial charge is 0.491 e. The highest BCUT2D eigenvalue weighted by atomic mass is 32.2. The average molecular weight is 475 g/mol. The van der Waals surface area contributed by atoms with Gasteiger partial charge < -0.3 is 19.5 Å². The number of nitrogens with one attached hydrogen (secondary N) is 1. The van der Waals surface area contributed by atoms with Gasteiger partial charge in [0.2, 0.25) is 10.0 Å². The lowest BCUT2D eigenvalue weighted by atomic mass is 10.2. The summed E-state index contributed by atoms with van der Waals surface area (Å²) in [7, 11) is -3.74. The topological polar surface area (TPSA) is 94.2 Å². The Morgan fingerprint density at radius 3 is 2.61 bits per heavy atom. The van der Waals surface area contributed by atoms with Crippen LogP contribution >= 0.6 is 0 Å². The van der Waals surface area contributed by atoms with Crippen molar-refractivity contribution in [1.82, 2.24) is 4.31 Å². The standard InChI is InChI=1S/C24H30N2O6S/c1-17-14-26(15-18(2)32-17)33(28,29)23-10-3-6-19(12-23)24(27)25-20-7-4-8-21(13-20)31-16-22-9-5-11-30-22/h3-4,6-8,10,12-13,17-18,22H,5,9,11,14-16H2,1-2H3,(H,25,27). The maximum absolute atomic E-state index is 13.1. The van der Waals surface area contributed by atoms with E-state index >= 15 is 0 Å². The molecule has 0 spiro atoms. The van der Waals surface area contributed by atoms with Crippen molar-refractivity contribution in [1.29, 1.82) is 0 Å². The van der Waals surface area contributed by atoms with Gasteiger partial charge in [0.05, 0.1) is 23.2 Å². The number of benzene rings is 2.